The number of benzene rings is 2. The summed E-state index contributed by atoms with van der Waals surface area (Å²) in [5, 5.41) is 9.68. The van der Waals surface area contributed by atoms with Crippen molar-refractivity contribution in [3.05, 3.63) is 72.4 Å². The third-order valence-corrected chi connectivity index (χ3v) is 6.10. The van der Waals surface area contributed by atoms with Gasteiger partial charge in [0.25, 0.3) is 11.8 Å². The van der Waals surface area contributed by atoms with E-state index in [1.807, 2.05) is 75.5 Å². The van der Waals surface area contributed by atoms with Gasteiger partial charge in [0, 0.05) is 32.1 Å². The van der Waals surface area contributed by atoms with Crippen molar-refractivity contribution in [2.75, 3.05) is 19.6 Å². The summed E-state index contributed by atoms with van der Waals surface area (Å²) in [5.74, 6) is -0.231. The maximum atomic E-state index is 13.3. The standard InChI is InChI=1S/C24H25N7O2/c1-24(2)15-29(22(32)20-18-11-7-8-12-19(18)28(3)26-20)13-14-30(24)23(33)21-25-16-31(27-21)17-9-5-4-6-10-17/h4-12,16H,13-15H2,1-3H3. The van der Waals surface area contributed by atoms with Gasteiger partial charge in [-0.25, -0.2) is 9.67 Å². The molecule has 9 nitrogen and oxygen atoms in total. The number of fused-ring (bicyclic) bond motifs is 1. The summed E-state index contributed by atoms with van der Waals surface area (Å²) in [5.41, 5.74) is 1.59. The molecule has 0 atom stereocenters. The number of rotatable bonds is 3. The number of hydrogen-bond acceptors (Lipinski definition) is 5. The molecule has 0 unspecified atom stereocenters. The van der Waals surface area contributed by atoms with Crippen LogP contribution in [-0.4, -0.2) is 71.3 Å². The maximum Gasteiger partial charge on any atom is 0.294 e. The zero-order chi connectivity index (χ0) is 23.2. The Morgan fingerprint density at radius 2 is 1.64 bits per heavy atom. The highest BCUT2D eigenvalue weighted by Crippen LogP contribution is 2.26. The van der Waals surface area contributed by atoms with Crippen molar-refractivity contribution in [2.24, 2.45) is 7.05 Å². The highest BCUT2D eigenvalue weighted by atomic mass is 16.2. The van der Waals surface area contributed by atoms with Crippen LogP contribution in [0, 0.1) is 0 Å². The lowest BCUT2D eigenvalue weighted by Crippen LogP contribution is -2.62. The first-order valence-electron chi connectivity index (χ1n) is 10.9. The van der Waals surface area contributed by atoms with Crippen molar-refractivity contribution in [1.82, 2.24) is 34.3 Å². The van der Waals surface area contributed by atoms with Crippen molar-refractivity contribution < 1.29 is 9.59 Å². The summed E-state index contributed by atoms with van der Waals surface area (Å²) in [7, 11) is 1.83. The third-order valence-electron chi connectivity index (χ3n) is 6.10. The van der Waals surface area contributed by atoms with E-state index in [9.17, 15) is 9.59 Å². The Bertz CT molecular complexity index is 1340. The van der Waals surface area contributed by atoms with Gasteiger partial charge in [0.15, 0.2) is 5.69 Å². The Balaban J connectivity index is 1.35. The quantitative estimate of drug-likeness (QED) is 0.485. The second-order valence-electron chi connectivity index (χ2n) is 8.83. The number of amides is 2. The molecular formula is C24H25N7O2. The largest absolute Gasteiger partial charge is 0.333 e. The minimum Gasteiger partial charge on any atom is -0.333 e. The number of piperazine rings is 1. The summed E-state index contributed by atoms with van der Waals surface area (Å²) in [6.07, 6.45) is 1.54. The van der Waals surface area contributed by atoms with Gasteiger partial charge in [-0.05, 0) is 32.0 Å². The van der Waals surface area contributed by atoms with Gasteiger partial charge in [-0.1, -0.05) is 36.4 Å². The molecule has 2 amide bonds. The SMILES string of the molecule is Cn1nc(C(=O)N2CCN(C(=O)c3ncn(-c4ccccc4)n3)C(C)(C)C2)c2ccccc21. The number of para-hydroxylation sites is 2. The fourth-order valence-electron chi connectivity index (χ4n) is 4.41. The lowest BCUT2D eigenvalue weighted by Gasteiger charge is -2.46. The minimum atomic E-state index is -0.589. The van der Waals surface area contributed by atoms with Crippen molar-refractivity contribution in [3.63, 3.8) is 0 Å². The van der Waals surface area contributed by atoms with E-state index in [1.165, 1.54) is 0 Å². The van der Waals surface area contributed by atoms with E-state index < -0.39 is 5.54 Å². The van der Waals surface area contributed by atoms with Crippen LogP contribution in [-0.2, 0) is 7.05 Å². The third kappa shape index (κ3) is 3.65. The van der Waals surface area contributed by atoms with E-state index in [1.54, 1.807) is 25.5 Å². The summed E-state index contributed by atoms with van der Waals surface area (Å²) in [6.45, 7) is 5.10. The van der Waals surface area contributed by atoms with E-state index in [2.05, 4.69) is 15.2 Å². The maximum absolute atomic E-state index is 13.3. The summed E-state index contributed by atoms with van der Waals surface area (Å²) in [4.78, 5) is 34.4. The number of carbonyl (C=O) groups excluding carboxylic acids is 2. The number of carbonyl (C=O) groups is 2. The molecule has 1 saturated heterocycles. The van der Waals surface area contributed by atoms with Crippen molar-refractivity contribution >= 4 is 22.7 Å². The molecule has 0 saturated carbocycles. The van der Waals surface area contributed by atoms with Crippen molar-refractivity contribution in [3.8, 4) is 5.69 Å². The van der Waals surface area contributed by atoms with Gasteiger partial charge >= 0.3 is 0 Å². The van der Waals surface area contributed by atoms with Gasteiger partial charge in [-0.3, -0.25) is 14.3 Å². The Hall–Kier alpha value is -4.01. The second kappa shape index (κ2) is 7.84. The molecule has 0 aliphatic carbocycles. The van der Waals surface area contributed by atoms with E-state index in [0.717, 1.165) is 16.6 Å². The summed E-state index contributed by atoms with van der Waals surface area (Å²) >= 11 is 0. The lowest BCUT2D eigenvalue weighted by molar-refractivity contribution is 0.0159. The zero-order valence-electron chi connectivity index (χ0n) is 18.8. The first kappa shape index (κ1) is 20.9. The van der Waals surface area contributed by atoms with Crippen LogP contribution >= 0.6 is 0 Å². The molecule has 1 aliphatic heterocycles. The molecule has 168 valence electrons. The summed E-state index contributed by atoms with van der Waals surface area (Å²) < 4.78 is 3.31. The Morgan fingerprint density at radius 3 is 2.39 bits per heavy atom. The fraction of sp³-hybridized carbons (Fsp3) is 0.292. The predicted octanol–water partition coefficient (Wildman–Crippen LogP) is 2.53. The molecule has 0 radical (unpaired) electrons. The molecule has 1 aliphatic rings. The molecule has 4 aromatic rings. The van der Waals surface area contributed by atoms with Crippen LogP contribution in [0.1, 0.15) is 35.0 Å². The lowest BCUT2D eigenvalue weighted by atomic mass is 9.98. The number of hydrogen-bond donors (Lipinski definition) is 0. The molecule has 0 bridgehead atoms. The highest BCUT2D eigenvalue weighted by Gasteiger charge is 2.40. The molecule has 1 fully saturated rings. The second-order valence-corrected chi connectivity index (χ2v) is 8.83. The minimum absolute atomic E-state index is 0.126. The summed E-state index contributed by atoms with van der Waals surface area (Å²) in [6, 6.07) is 17.2. The fourth-order valence-corrected chi connectivity index (χ4v) is 4.41. The van der Waals surface area contributed by atoms with E-state index >= 15 is 0 Å². The molecule has 0 spiro atoms. The monoisotopic (exact) mass is 443 g/mol. The average molecular weight is 444 g/mol. The van der Waals surface area contributed by atoms with E-state index in [4.69, 9.17) is 0 Å². The smallest absolute Gasteiger partial charge is 0.294 e. The van der Waals surface area contributed by atoms with E-state index in [0.29, 0.717) is 25.3 Å². The van der Waals surface area contributed by atoms with Gasteiger partial charge in [-0.15, -0.1) is 5.10 Å². The van der Waals surface area contributed by atoms with Crippen molar-refractivity contribution in [1.29, 1.82) is 0 Å². The first-order chi connectivity index (χ1) is 15.8. The number of aryl methyl sites for hydroxylation is 1. The van der Waals surface area contributed by atoms with Gasteiger partial charge < -0.3 is 9.80 Å². The molecule has 2 aromatic carbocycles. The van der Waals surface area contributed by atoms with Gasteiger partial charge in [-0.2, -0.15) is 5.10 Å². The van der Waals surface area contributed by atoms with Crippen LogP contribution in [0.2, 0.25) is 0 Å². The van der Waals surface area contributed by atoms with Crippen LogP contribution in [0.5, 0.6) is 0 Å². The molecule has 3 heterocycles. The molecular weight excluding hydrogens is 418 g/mol. The van der Waals surface area contributed by atoms with Crippen LogP contribution in [0.3, 0.4) is 0 Å². The van der Waals surface area contributed by atoms with Gasteiger partial charge in [0.2, 0.25) is 5.82 Å². The van der Waals surface area contributed by atoms with Crippen molar-refractivity contribution in [2.45, 2.75) is 19.4 Å². The van der Waals surface area contributed by atoms with Crippen LogP contribution in [0.4, 0.5) is 0 Å². The molecule has 2 aromatic heterocycles. The highest BCUT2D eigenvalue weighted by molar-refractivity contribution is 6.05. The van der Waals surface area contributed by atoms with Gasteiger partial charge in [0.05, 0.1) is 16.7 Å². The number of nitrogens with zero attached hydrogens (tertiary/aromatic N) is 7. The Morgan fingerprint density at radius 1 is 0.909 bits per heavy atom. The Kier molecular flexibility index (Phi) is 4.96. The van der Waals surface area contributed by atoms with Crippen LogP contribution in [0.25, 0.3) is 16.6 Å². The van der Waals surface area contributed by atoms with Crippen LogP contribution in [0.15, 0.2) is 60.9 Å². The van der Waals surface area contributed by atoms with Gasteiger partial charge in [0.1, 0.15) is 6.33 Å². The first-order valence-corrected chi connectivity index (χ1v) is 10.9. The molecule has 33 heavy (non-hydrogen) atoms. The normalized spacial score (nSPS) is 15.7. The Labute approximate surface area is 191 Å². The van der Waals surface area contributed by atoms with Crippen LogP contribution < -0.4 is 0 Å². The predicted molar refractivity (Wildman–Crippen MR) is 123 cm³/mol. The average Bonchev–Trinajstić information content (AvgIpc) is 3.44. The van der Waals surface area contributed by atoms with E-state index in [-0.39, 0.29) is 17.6 Å². The zero-order valence-corrected chi connectivity index (χ0v) is 18.8. The topological polar surface area (TPSA) is 89.2 Å². The number of aromatic nitrogens is 5. The molecule has 9 heteroatoms. The molecule has 5 rings (SSSR count). The molecule has 0 N–H and O–H groups in total.